The van der Waals surface area contributed by atoms with Crippen LogP contribution in [-0.2, 0) is 4.74 Å². The number of aryl methyl sites for hydroxylation is 1. The zero-order valence-corrected chi connectivity index (χ0v) is 15.3. The van der Waals surface area contributed by atoms with Crippen molar-refractivity contribution >= 4 is 5.96 Å². The van der Waals surface area contributed by atoms with E-state index in [0.717, 1.165) is 58.4 Å². The third-order valence-electron chi connectivity index (χ3n) is 4.30. The van der Waals surface area contributed by atoms with Crippen LogP contribution in [0.1, 0.15) is 30.9 Å². The van der Waals surface area contributed by atoms with Crippen molar-refractivity contribution in [1.82, 2.24) is 15.5 Å². The zero-order valence-electron chi connectivity index (χ0n) is 15.3. The number of nitrogens with zero attached hydrogens (tertiary/aromatic N) is 2. The van der Waals surface area contributed by atoms with Gasteiger partial charge < -0.3 is 15.4 Å². The van der Waals surface area contributed by atoms with Crippen molar-refractivity contribution in [1.29, 1.82) is 0 Å². The van der Waals surface area contributed by atoms with Gasteiger partial charge >= 0.3 is 0 Å². The maximum atomic E-state index is 5.38. The molecule has 1 atom stereocenters. The predicted octanol–water partition coefficient (Wildman–Crippen LogP) is 1.99. The van der Waals surface area contributed by atoms with E-state index in [4.69, 9.17) is 9.73 Å². The molecule has 0 saturated carbocycles. The highest BCUT2D eigenvalue weighted by Crippen LogP contribution is 2.16. The first-order valence-corrected chi connectivity index (χ1v) is 9.08. The van der Waals surface area contributed by atoms with Crippen LogP contribution < -0.4 is 10.6 Å². The fraction of sp³-hybridized carbons (Fsp3) is 0.632. The first-order valence-electron chi connectivity index (χ1n) is 9.08. The Labute approximate surface area is 146 Å². The molecule has 5 nitrogen and oxygen atoms in total. The second-order valence-corrected chi connectivity index (χ2v) is 6.42. The molecule has 0 radical (unpaired) electrons. The number of morpholine rings is 1. The summed E-state index contributed by atoms with van der Waals surface area (Å²) in [6.45, 7) is 13.8. The molecule has 1 aromatic carbocycles. The van der Waals surface area contributed by atoms with Crippen molar-refractivity contribution in [2.75, 3.05) is 52.5 Å². The SMILES string of the molecule is CCNC(=NCC(C)c1cccc(C)c1)NCCN1CCOCC1. The van der Waals surface area contributed by atoms with E-state index >= 15 is 0 Å². The van der Waals surface area contributed by atoms with Gasteiger partial charge in [0.2, 0.25) is 0 Å². The van der Waals surface area contributed by atoms with Crippen LogP contribution in [0.4, 0.5) is 0 Å². The van der Waals surface area contributed by atoms with Crippen LogP contribution in [0.5, 0.6) is 0 Å². The lowest BCUT2D eigenvalue weighted by atomic mass is 10.00. The Hall–Kier alpha value is -1.59. The average Bonchev–Trinajstić information content (AvgIpc) is 2.60. The highest BCUT2D eigenvalue weighted by atomic mass is 16.5. The minimum atomic E-state index is 0.416. The number of hydrogen-bond acceptors (Lipinski definition) is 3. The molecule has 0 spiro atoms. The molecule has 5 heteroatoms. The van der Waals surface area contributed by atoms with E-state index in [1.54, 1.807) is 0 Å². The van der Waals surface area contributed by atoms with Crippen molar-refractivity contribution in [2.45, 2.75) is 26.7 Å². The first kappa shape index (κ1) is 18.7. The van der Waals surface area contributed by atoms with E-state index < -0.39 is 0 Å². The Morgan fingerprint density at radius 3 is 2.79 bits per heavy atom. The summed E-state index contributed by atoms with van der Waals surface area (Å²) in [7, 11) is 0. The number of ether oxygens (including phenoxy) is 1. The summed E-state index contributed by atoms with van der Waals surface area (Å²) in [4.78, 5) is 7.18. The molecule has 1 fully saturated rings. The summed E-state index contributed by atoms with van der Waals surface area (Å²) in [6.07, 6.45) is 0. The molecule has 0 amide bonds. The molecule has 1 unspecified atom stereocenters. The average molecular weight is 332 g/mol. The highest BCUT2D eigenvalue weighted by Gasteiger charge is 2.10. The van der Waals surface area contributed by atoms with E-state index in [2.05, 4.69) is 60.6 Å². The van der Waals surface area contributed by atoms with Crippen LogP contribution in [0, 0.1) is 6.92 Å². The molecule has 0 aliphatic carbocycles. The number of rotatable bonds is 7. The number of aliphatic imine (C=N–C) groups is 1. The Morgan fingerprint density at radius 1 is 1.29 bits per heavy atom. The Bertz CT molecular complexity index is 512. The predicted molar refractivity (Wildman–Crippen MR) is 101 cm³/mol. The molecule has 1 aliphatic rings. The minimum absolute atomic E-state index is 0.416. The van der Waals surface area contributed by atoms with Crippen molar-refractivity contribution in [3.05, 3.63) is 35.4 Å². The van der Waals surface area contributed by atoms with E-state index in [9.17, 15) is 0 Å². The summed E-state index contributed by atoms with van der Waals surface area (Å²) in [5.41, 5.74) is 2.65. The highest BCUT2D eigenvalue weighted by molar-refractivity contribution is 5.79. The fourth-order valence-electron chi connectivity index (χ4n) is 2.81. The number of hydrogen-bond donors (Lipinski definition) is 2. The van der Waals surface area contributed by atoms with Crippen LogP contribution in [0.3, 0.4) is 0 Å². The summed E-state index contributed by atoms with van der Waals surface area (Å²) >= 11 is 0. The summed E-state index contributed by atoms with van der Waals surface area (Å²) in [5.74, 6) is 1.32. The second-order valence-electron chi connectivity index (χ2n) is 6.42. The number of nitrogens with one attached hydrogen (secondary N) is 2. The lowest BCUT2D eigenvalue weighted by Crippen LogP contribution is -2.44. The number of benzene rings is 1. The van der Waals surface area contributed by atoms with Gasteiger partial charge in [0.1, 0.15) is 0 Å². The van der Waals surface area contributed by atoms with Gasteiger partial charge in [0.15, 0.2) is 5.96 Å². The smallest absolute Gasteiger partial charge is 0.191 e. The van der Waals surface area contributed by atoms with Gasteiger partial charge in [-0.1, -0.05) is 36.8 Å². The van der Waals surface area contributed by atoms with Crippen LogP contribution in [0.25, 0.3) is 0 Å². The summed E-state index contributed by atoms with van der Waals surface area (Å²) in [6, 6.07) is 8.69. The van der Waals surface area contributed by atoms with Crippen molar-refractivity contribution < 1.29 is 4.74 Å². The molecule has 2 N–H and O–H groups in total. The maximum Gasteiger partial charge on any atom is 0.191 e. The van der Waals surface area contributed by atoms with E-state index in [0.29, 0.717) is 5.92 Å². The van der Waals surface area contributed by atoms with Gasteiger partial charge in [-0.05, 0) is 19.4 Å². The Morgan fingerprint density at radius 2 is 2.08 bits per heavy atom. The van der Waals surface area contributed by atoms with Gasteiger partial charge in [0, 0.05) is 45.2 Å². The minimum Gasteiger partial charge on any atom is -0.379 e. The van der Waals surface area contributed by atoms with Crippen molar-refractivity contribution in [3.8, 4) is 0 Å². The molecular formula is C19H32N4O. The van der Waals surface area contributed by atoms with E-state index in [1.165, 1.54) is 11.1 Å². The lowest BCUT2D eigenvalue weighted by molar-refractivity contribution is 0.0389. The molecule has 0 bridgehead atoms. The molecule has 1 aromatic rings. The fourth-order valence-corrected chi connectivity index (χ4v) is 2.81. The molecule has 134 valence electrons. The molecule has 1 aliphatic heterocycles. The van der Waals surface area contributed by atoms with Crippen LogP contribution in [0.2, 0.25) is 0 Å². The lowest BCUT2D eigenvalue weighted by Gasteiger charge is -2.26. The van der Waals surface area contributed by atoms with Crippen molar-refractivity contribution in [3.63, 3.8) is 0 Å². The zero-order chi connectivity index (χ0) is 17.2. The van der Waals surface area contributed by atoms with Gasteiger partial charge in [-0.15, -0.1) is 0 Å². The molecular weight excluding hydrogens is 300 g/mol. The normalized spacial score (nSPS) is 17.5. The van der Waals surface area contributed by atoms with Crippen LogP contribution in [-0.4, -0.2) is 63.3 Å². The van der Waals surface area contributed by atoms with Crippen LogP contribution in [0.15, 0.2) is 29.3 Å². The number of guanidine groups is 1. The Kier molecular flexibility index (Phi) is 8.05. The van der Waals surface area contributed by atoms with Gasteiger partial charge in [0.25, 0.3) is 0 Å². The van der Waals surface area contributed by atoms with Crippen molar-refractivity contribution in [2.24, 2.45) is 4.99 Å². The summed E-state index contributed by atoms with van der Waals surface area (Å²) < 4.78 is 5.38. The maximum absolute atomic E-state index is 5.38. The topological polar surface area (TPSA) is 48.9 Å². The van der Waals surface area contributed by atoms with Crippen LogP contribution >= 0.6 is 0 Å². The third-order valence-corrected chi connectivity index (χ3v) is 4.30. The molecule has 24 heavy (non-hydrogen) atoms. The Balaban J connectivity index is 1.80. The quantitative estimate of drug-likeness (QED) is 0.592. The molecule has 1 heterocycles. The standard InChI is InChI=1S/C19H32N4O/c1-4-20-19(21-8-9-23-10-12-24-13-11-23)22-15-17(3)18-7-5-6-16(2)14-18/h5-7,14,17H,4,8-13,15H2,1-3H3,(H2,20,21,22). The van der Waals surface area contributed by atoms with Gasteiger partial charge in [-0.3, -0.25) is 9.89 Å². The third kappa shape index (κ3) is 6.49. The van der Waals surface area contributed by atoms with Gasteiger partial charge in [0.05, 0.1) is 13.2 Å². The van der Waals surface area contributed by atoms with E-state index in [-0.39, 0.29) is 0 Å². The van der Waals surface area contributed by atoms with Gasteiger partial charge in [-0.2, -0.15) is 0 Å². The van der Waals surface area contributed by atoms with Gasteiger partial charge in [-0.25, -0.2) is 0 Å². The molecule has 1 saturated heterocycles. The summed E-state index contributed by atoms with van der Waals surface area (Å²) in [5, 5.41) is 6.78. The monoisotopic (exact) mass is 332 g/mol. The molecule has 0 aromatic heterocycles. The second kappa shape index (κ2) is 10.3. The largest absolute Gasteiger partial charge is 0.379 e. The molecule has 2 rings (SSSR count). The van der Waals surface area contributed by atoms with E-state index in [1.807, 2.05) is 0 Å². The first-order chi connectivity index (χ1) is 11.7.